The van der Waals surface area contributed by atoms with E-state index >= 15 is 0 Å². The zero-order valence-corrected chi connectivity index (χ0v) is 18.5. The molecule has 2 aromatic heterocycles. The van der Waals surface area contributed by atoms with Gasteiger partial charge in [0.2, 0.25) is 0 Å². The molecule has 0 spiro atoms. The standard InChI is InChI=1S/C24H21N5O2S/c1-30-18-13-11-17(12-14-18)29-20-8-4-3-7-19(20)26-23(29)15-32-24-27-25-16-28(24)21-9-5-6-10-22(21)31-2/h3-14,16H,15H2,1-2H3. The van der Waals surface area contributed by atoms with Crippen LogP contribution in [-0.2, 0) is 5.75 Å². The monoisotopic (exact) mass is 443 g/mol. The minimum Gasteiger partial charge on any atom is -0.497 e. The van der Waals surface area contributed by atoms with Gasteiger partial charge in [0.05, 0.1) is 36.7 Å². The summed E-state index contributed by atoms with van der Waals surface area (Å²) in [5, 5.41) is 9.22. The largest absolute Gasteiger partial charge is 0.497 e. The van der Waals surface area contributed by atoms with Gasteiger partial charge in [-0.05, 0) is 48.5 Å². The lowest BCUT2D eigenvalue weighted by Gasteiger charge is -2.12. The van der Waals surface area contributed by atoms with Gasteiger partial charge in [-0.25, -0.2) is 4.98 Å². The van der Waals surface area contributed by atoms with Crippen molar-refractivity contribution in [2.75, 3.05) is 14.2 Å². The molecule has 3 aromatic carbocycles. The smallest absolute Gasteiger partial charge is 0.196 e. The van der Waals surface area contributed by atoms with Crippen LogP contribution in [0.3, 0.4) is 0 Å². The summed E-state index contributed by atoms with van der Waals surface area (Å²) in [6.45, 7) is 0. The summed E-state index contributed by atoms with van der Waals surface area (Å²) in [6, 6.07) is 24.0. The average Bonchev–Trinajstić information content (AvgIpc) is 3.47. The summed E-state index contributed by atoms with van der Waals surface area (Å²) in [7, 11) is 3.33. The molecule has 0 saturated heterocycles. The van der Waals surface area contributed by atoms with E-state index in [9.17, 15) is 0 Å². The van der Waals surface area contributed by atoms with E-state index in [2.05, 4.69) is 20.8 Å². The summed E-state index contributed by atoms with van der Waals surface area (Å²) in [6.07, 6.45) is 1.70. The predicted molar refractivity (Wildman–Crippen MR) is 125 cm³/mol. The number of ether oxygens (including phenoxy) is 2. The quantitative estimate of drug-likeness (QED) is 0.333. The number of imidazole rings is 1. The highest BCUT2D eigenvalue weighted by Crippen LogP contribution is 2.30. The van der Waals surface area contributed by atoms with Crippen molar-refractivity contribution in [3.8, 4) is 22.9 Å². The van der Waals surface area contributed by atoms with Crippen molar-refractivity contribution in [2.24, 2.45) is 0 Å². The lowest BCUT2D eigenvalue weighted by atomic mass is 10.2. The van der Waals surface area contributed by atoms with Gasteiger partial charge in [0.1, 0.15) is 23.7 Å². The van der Waals surface area contributed by atoms with Crippen LogP contribution in [0.1, 0.15) is 5.82 Å². The van der Waals surface area contributed by atoms with Gasteiger partial charge >= 0.3 is 0 Å². The molecule has 0 saturated carbocycles. The highest BCUT2D eigenvalue weighted by Gasteiger charge is 2.16. The first-order chi connectivity index (χ1) is 15.8. The van der Waals surface area contributed by atoms with Crippen LogP contribution in [0.2, 0.25) is 0 Å². The fraction of sp³-hybridized carbons (Fsp3) is 0.125. The maximum absolute atomic E-state index is 5.51. The third-order valence-corrected chi connectivity index (χ3v) is 6.09. The highest BCUT2D eigenvalue weighted by atomic mass is 32.2. The molecule has 0 aliphatic carbocycles. The normalized spacial score (nSPS) is 11.1. The van der Waals surface area contributed by atoms with Crippen molar-refractivity contribution in [1.29, 1.82) is 0 Å². The molecule has 0 unspecified atom stereocenters. The number of aromatic nitrogens is 5. The zero-order valence-electron chi connectivity index (χ0n) is 17.7. The topological polar surface area (TPSA) is 67.0 Å². The SMILES string of the molecule is COc1ccc(-n2c(CSc3nncn3-c3ccccc3OC)nc3ccccc32)cc1. The fourth-order valence-electron chi connectivity index (χ4n) is 3.64. The first-order valence-corrected chi connectivity index (χ1v) is 11.0. The number of para-hydroxylation sites is 4. The third-order valence-electron chi connectivity index (χ3n) is 5.15. The maximum atomic E-state index is 5.51. The number of hydrogen-bond acceptors (Lipinski definition) is 6. The Morgan fingerprint density at radius 3 is 2.47 bits per heavy atom. The molecule has 0 fully saturated rings. The summed E-state index contributed by atoms with van der Waals surface area (Å²) >= 11 is 1.58. The van der Waals surface area contributed by atoms with Crippen molar-refractivity contribution in [3.63, 3.8) is 0 Å². The Labute approximate surface area is 189 Å². The van der Waals surface area contributed by atoms with Crippen LogP contribution in [0.5, 0.6) is 11.5 Å². The molecule has 0 radical (unpaired) electrons. The molecule has 0 bridgehead atoms. The molecule has 5 rings (SSSR count). The van der Waals surface area contributed by atoms with Gasteiger partial charge in [-0.15, -0.1) is 10.2 Å². The van der Waals surface area contributed by atoms with Crippen molar-refractivity contribution in [3.05, 3.63) is 84.9 Å². The van der Waals surface area contributed by atoms with E-state index in [1.165, 1.54) is 0 Å². The van der Waals surface area contributed by atoms with Gasteiger partial charge in [-0.2, -0.15) is 0 Å². The minimum absolute atomic E-state index is 0.620. The molecule has 0 amide bonds. The Bertz CT molecular complexity index is 1360. The second-order valence-electron chi connectivity index (χ2n) is 6.99. The highest BCUT2D eigenvalue weighted by molar-refractivity contribution is 7.98. The number of nitrogens with zero attached hydrogens (tertiary/aromatic N) is 5. The third kappa shape index (κ3) is 3.69. The lowest BCUT2D eigenvalue weighted by molar-refractivity contribution is 0.412. The molecule has 7 nitrogen and oxygen atoms in total. The van der Waals surface area contributed by atoms with Crippen LogP contribution < -0.4 is 9.47 Å². The zero-order chi connectivity index (χ0) is 21.9. The number of benzene rings is 3. The summed E-state index contributed by atoms with van der Waals surface area (Å²) in [5.74, 6) is 3.13. The van der Waals surface area contributed by atoms with Crippen LogP contribution in [0.25, 0.3) is 22.4 Å². The van der Waals surface area contributed by atoms with Gasteiger partial charge in [-0.3, -0.25) is 9.13 Å². The molecule has 2 heterocycles. The van der Waals surface area contributed by atoms with E-state index in [0.29, 0.717) is 5.75 Å². The summed E-state index contributed by atoms with van der Waals surface area (Å²) in [4.78, 5) is 4.90. The number of hydrogen-bond donors (Lipinski definition) is 0. The Kier molecular flexibility index (Phi) is 5.51. The van der Waals surface area contributed by atoms with E-state index in [0.717, 1.165) is 44.9 Å². The Morgan fingerprint density at radius 2 is 1.66 bits per heavy atom. The van der Waals surface area contributed by atoms with Crippen LogP contribution in [-0.4, -0.2) is 38.5 Å². The van der Waals surface area contributed by atoms with E-state index in [1.54, 1.807) is 32.3 Å². The second kappa shape index (κ2) is 8.76. The summed E-state index contributed by atoms with van der Waals surface area (Å²) in [5.41, 5.74) is 3.93. The van der Waals surface area contributed by atoms with E-state index in [-0.39, 0.29) is 0 Å². The maximum Gasteiger partial charge on any atom is 0.196 e. The molecule has 5 aromatic rings. The number of fused-ring (bicyclic) bond motifs is 1. The molecule has 160 valence electrons. The van der Waals surface area contributed by atoms with Gasteiger partial charge in [0.25, 0.3) is 0 Å². The van der Waals surface area contributed by atoms with Crippen molar-refractivity contribution in [1.82, 2.24) is 24.3 Å². The minimum atomic E-state index is 0.620. The van der Waals surface area contributed by atoms with Gasteiger partial charge in [0, 0.05) is 5.69 Å². The van der Waals surface area contributed by atoms with Crippen molar-refractivity contribution in [2.45, 2.75) is 10.9 Å². The molecule has 0 aliphatic rings. The van der Waals surface area contributed by atoms with Gasteiger partial charge in [0.15, 0.2) is 5.16 Å². The Morgan fingerprint density at radius 1 is 0.875 bits per heavy atom. The predicted octanol–water partition coefficient (Wildman–Crippen LogP) is 4.92. The molecular weight excluding hydrogens is 422 g/mol. The molecule has 8 heteroatoms. The van der Waals surface area contributed by atoms with Crippen LogP contribution in [0.4, 0.5) is 0 Å². The van der Waals surface area contributed by atoms with E-state index in [1.807, 2.05) is 71.3 Å². The Balaban J connectivity index is 1.50. The average molecular weight is 444 g/mol. The molecule has 0 aliphatic heterocycles. The molecule has 0 atom stereocenters. The molecular formula is C24H21N5O2S. The number of methoxy groups -OCH3 is 2. The van der Waals surface area contributed by atoms with Gasteiger partial charge in [-0.1, -0.05) is 36.0 Å². The van der Waals surface area contributed by atoms with E-state index < -0.39 is 0 Å². The van der Waals surface area contributed by atoms with Gasteiger partial charge < -0.3 is 9.47 Å². The summed E-state index contributed by atoms with van der Waals surface area (Å²) < 4.78 is 14.9. The number of rotatable bonds is 7. The Hall–Kier alpha value is -3.78. The fourth-order valence-corrected chi connectivity index (χ4v) is 4.48. The first-order valence-electron chi connectivity index (χ1n) is 10.1. The first kappa shape index (κ1) is 20.1. The van der Waals surface area contributed by atoms with E-state index in [4.69, 9.17) is 14.5 Å². The second-order valence-corrected chi connectivity index (χ2v) is 7.94. The molecule has 32 heavy (non-hydrogen) atoms. The lowest BCUT2D eigenvalue weighted by Crippen LogP contribution is -2.02. The number of thioether (sulfide) groups is 1. The molecule has 0 N–H and O–H groups in total. The van der Waals surface area contributed by atoms with Crippen molar-refractivity contribution >= 4 is 22.8 Å². The van der Waals surface area contributed by atoms with Crippen LogP contribution in [0, 0.1) is 0 Å². The van der Waals surface area contributed by atoms with Crippen LogP contribution in [0.15, 0.2) is 84.3 Å². The van der Waals surface area contributed by atoms with Crippen molar-refractivity contribution < 1.29 is 9.47 Å². The van der Waals surface area contributed by atoms with Crippen LogP contribution >= 0.6 is 11.8 Å².